The van der Waals surface area contributed by atoms with Gasteiger partial charge in [0.25, 0.3) is 0 Å². The summed E-state index contributed by atoms with van der Waals surface area (Å²) in [5.41, 5.74) is 1.20. The van der Waals surface area contributed by atoms with E-state index in [1.807, 2.05) is 12.1 Å². The molecule has 0 heterocycles. The summed E-state index contributed by atoms with van der Waals surface area (Å²) < 4.78 is 1.18. The minimum atomic E-state index is -1.07. The van der Waals surface area contributed by atoms with Crippen molar-refractivity contribution in [1.82, 2.24) is 10.2 Å². The summed E-state index contributed by atoms with van der Waals surface area (Å²) in [6.07, 6.45) is 2.54. The van der Waals surface area contributed by atoms with Crippen LogP contribution < -0.4 is 5.32 Å². The van der Waals surface area contributed by atoms with Crippen molar-refractivity contribution in [2.75, 3.05) is 26.2 Å². The minimum Gasteiger partial charge on any atom is -0.480 e. The lowest BCUT2D eigenvalue weighted by Gasteiger charge is -2.17. The molecule has 25 heavy (non-hydrogen) atoms. The number of amides is 1. The Morgan fingerprint density at radius 1 is 1.00 bits per heavy atom. The number of carboxylic acids is 2. The highest BCUT2D eigenvalue weighted by Crippen LogP contribution is 2.09. The van der Waals surface area contributed by atoms with Crippen molar-refractivity contribution >= 4 is 40.4 Å². The average molecular weight is 462 g/mol. The first-order valence-electron chi connectivity index (χ1n) is 8.04. The molecule has 8 heteroatoms. The van der Waals surface area contributed by atoms with Crippen molar-refractivity contribution in [3.05, 3.63) is 33.4 Å². The highest BCUT2D eigenvalue weighted by atomic mass is 127. The summed E-state index contributed by atoms with van der Waals surface area (Å²) in [6, 6.07) is 8.18. The van der Waals surface area contributed by atoms with Crippen LogP contribution in [-0.2, 0) is 20.8 Å². The predicted octanol–water partition coefficient (Wildman–Crippen LogP) is 1.59. The van der Waals surface area contributed by atoms with Gasteiger partial charge in [-0.1, -0.05) is 12.1 Å². The van der Waals surface area contributed by atoms with Gasteiger partial charge in [0.1, 0.15) is 0 Å². The van der Waals surface area contributed by atoms with Crippen molar-refractivity contribution in [3.8, 4) is 0 Å². The van der Waals surface area contributed by atoms with E-state index < -0.39 is 11.9 Å². The zero-order chi connectivity index (χ0) is 18.7. The Labute approximate surface area is 160 Å². The average Bonchev–Trinajstić information content (AvgIpc) is 2.52. The Bertz CT molecular complexity index is 561. The van der Waals surface area contributed by atoms with E-state index in [9.17, 15) is 14.4 Å². The van der Waals surface area contributed by atoms with Crippen LogP contribution in [0.25, 0.3) is 0 Å². The second-order valence-corrected chi connectivity index (χ2v) is 6.93. The molecular weight excluding hydrogens is 439 g/mol. The van der Waals surface area contributed by atoms with E-state index in [0.717, 1.165) is 12.8 Å². The van der Waals surface area contributed by atoms with E-state index in [0.29, 0.717) is 25.9 Å². The SMILES string of the molecule is O=C(O)CN(CCCNC(=O)CCCc1ccc(I)cc1)CC(=O)O. The van der Waals surface area contributed by atoms with Crippen molar-refractivity contribution in [1.29, 1.82) is 0 Å². The molecule has 0 aliphatic rings. The monoisotopic (exact) mass is 462 g/mol. The number of rotatable bonds is 12. The Kier molecular flexibility index (Phi) is 10.1. The van der Waals surface area contributed by atoms with Gasteiger partial charge in [0, 0.05) is 23.1 Å². The summed E-state index contributed by atoms with van der Waals surface area (Å²) in [4.78, 5) is 34.5. The first kappa shape index (κ1) is 21.4. The quantitative estimate of drug-likeness (QED) is 0.322. The molecule has 0 bridgehead atoms. The number of benzene rings is 1. The summed E-state index contributed by atoms with van der Waals surface area (Å²) in [7, 11) is 0. The molecule has 1 aromatic rings. The number of aliphatic carboxylic acids is 2. The molecule has 3 N–H and O–H groups in total. The van der Waals surface area contributed by atoms with Gasteiger partial charge >= 0.3 is 11.9 Å². The Hall–Kier alpha value is -1.68. The van der Waals surface area contributed by atoms with Crippen molar-refractivity contribution in [2.24, 2.45) is 0 Å². The van der Waals surface area contributed by atoms with E-state index in [4.69, 9.17) is 10.2 Å². The molecule has 1 aromatic carbocycles. The molecule has 138 valence electrons. The smallest absolute Gasteiger partial charge is 0.317 e. The van der Waals surface area contributed by atoms with Crippen LogP contribution in [0.4, 0.5) is 0 Å². The third-order valence-corrected chi connectivity index (χ3v) is 4.19. The van der Waals surface area contributed by atoms with E-state index in [1.165, 1.54) is 14.0 Å². The molecule has 0 saturated carbocycles. The highest BCUT2D eigenvalue weighted by Gasteiger charge is 2.13. The fraction of sp³-hybridized carbons (Fsp3) is 0.471. The summed E-state index contributed by atoms with van der Waals surface area (Å²) in [5, 5.41) is 20.3. The van der Waals surface area contributed by atoms with Gasteiger partial charge in [-0.25, -0.2) is 0 Å². The van der Waals surface area contributed by atoms with Gasteiger partial charge in [-0.15, -0.1) is 0 Å². The van der Waals surface area contributed by atoms with Crippen LogP contribution in [0.1, 0.15) is 24.8 Å². The fourth-order valence-corrected chi connectivity index (χ4v) is 2.68. The van der Waals surface area contributed by atoms with Gasteiger partial charge in [-0.05, 0) is 59.5 Å². The maximum Gasteiger partial charge on any atom is 0.317 e. The number of hydrogen-bond acceptors (Lipinski definition) is 4. The number of carbonyl (C=O) groups excluding carboxylic acids is 1. The molecule has 1 rings (SSSR count). The Morgan fingerprint density at radius 2 is 1.60 bits per heavy atom. The first-order valence-corrected chi connectivity index (χ1v) is 9.12. The molecule has 0 radical (unpaired) electrons. The molecule has 0 saturated heterocycles. The predicted molar refractivity (Wildman–Crippen MR) is 101 cm³/mol. The Balaban J connectivity index is 2.17. The number of carboxylic acid groups (broad SMARTS) is 2. The largest absolute Gasteiger partial charge is 0.480 e. The summed E-state index contributed by atoms with van der Waals surface area (Å²) in [6.45, 7) is 0.0617. The lowest BCUT2D eigenvalue weighted by molar-refractivity contribution is -0.141. The van der Waals surface area contributed by atoms with Gasteiger partial charge < -0.3 is 15.5 Å². The van der Waals surface area contributed by atoms with Crippen LogP contribution in [0.3, 0.4) is 0 Å². The number of hydrogen-bond donors (Lipinski definition) is 3. The second kappa shape index (κ2) is 11.8. The van der Waals surface area contributed by atoms with Crippen LogP contribution in [0.15, 0.2) is 24.3 Å². The molecule has 1 amide bonds. The molecule has 0 atom stereocenters. The highest BCUT2D eigenvalue weighted by molar-refractivity contribution is 14.1. The normalized spacial score (nSPS) is 10.6. The maximum atomic E-state index is 11.8. The molecule has 0 fully saturated rings. The zero-order valence-electron chi connectivity index (χ0n) is 13.9. The van der Waals surface area contributed by atoms with E-state index in [2.05, 4.69) is 40.0 Å². The molecular formula is C17H23IN2O5. The number of nitrogens with one attached hydrogen (secondary N) is 1. The van der Waals surface area contributed by atoms with Gasteiger partial charge in [0.2, 0.25) is 5.91 Å². The van der Waals surface area contributed by atoms with Crippen molar-refractivity contribution in [2.45, 2.75) is 25.7 Å². The van der Waals surface area contributed by atoms with Crippen LogP contribution in [0.2, 0.25) is 0 Å². The van der Waals surface area contributed by atoms with Gasteiger partial charge in [-0.2, -0.15) is 0 Å². The van der Waals surface area contributed by atoms with Crippen molar-refractivity contribution < 1.29 is 24.6 Å². The molecule has 0 aliphatic carbocycles. The van der Waals surface area contributed by atoms with Crippen LogP contribution in [-0.4, -0.2) is 59.1 Å². The van der Waals surface area contributed by atoms with E-state index in [1.54, 1.807) is 0 Å². The van der Waals surface area contributed by atoms with E-state index in [-0.39, 0.29) is 19.0 Å². The maximum absolute atomic E-state index is 11.8. The third-order valence-electron chi connectivity index (χ3n) is 3.47. The summed E-state index contributed by atoms with van der Waals surface area (Å²) >= 11 is 2.25. The molecule has 0 spiro atoms. The van der Waals surface area contributed by atoms with Gasteiger partial charge in [-0.3, -0.25) is 19.3 Å². The standard InChI is InChI=1S/C17H23IN2O5/c18-14-7-5-13(6-8-14)3-1-4-15(21)19-9-2-10-20(11-16(22)23)12-17(24)25/h5-8H,1-4,9-12H2,(H,19,21)(H,22,23)(H,24,25). The third kappa shape index (κ3) is 10.7. The number of nitrogens with zero attached hydrogens (tertiary/aromatic N) is 1. The topological polar surface area (TPSA) is 107 Å². The number of halogens is 1. The van der Waals surface area contributed by atoms with Gasteiger partial charge in [0.15, 0.2) is 0 Å². The second-order valence-electron chi connectivity index (χ2n) is 5.68. The Morgan fingerprint density at radius 3 is 2.16 bits per heavy atom. The first-order chi connectivity index (χ1) is 11.9. The lowest BCUT2D eigenvalue weighted by Crippen LogP contribution is -2.36. The lowest BCUT2D eigenvalue weighted by atomic mass is 10.1. The zero-order valence-corrected chi connectivity index (χ0v) is 16.1. The molecule has 0 unspecified atom stereocenters. The number of aryl methyl sites for hydroxylation is 1. The summed E-state index contributed by atoms with van der Waals surface area (Å²) in [5.74, 6) is -2.18. The minimum absolute atomic E-state index is 0.0477. The van der Waals surface area contributed by atoms with Crippen LogP contribution in [0.5, 0.6) is 0 Å². The molecule has 0 aromatic heterocycles. The van der Waals surface area contributed by atoms with Crippen LogP contribution in [0, 0.1) is 3.57 Å². The molecule has 0 aliphatic heterocycles. The van der Waals surface area contributed by atoms with E-state index >= 15 is 0 Å². The van der Waals surface area contributed by atoms with Crippen molar-refractivity contribution in [3.63, 3.8) is 0 Å². The fourth-order valence-electron chi connectivity index (χ4n) is 2.32. The van der Waals surface area contributed by atoms with Gasteiger partial charge in [0.05, 0.1) is 13.1 Å². The van der Waals surface area contributed by atoms with Crippen LogP contribution >= 0.6 is 22.6 Å². The number of carbonyl (C=O) groups is 3. The molecule has 7 nitrogen and oxygen atoms in total.